The molecule has 6 rings (SSSR count). The number of carbonyl (C=O) groups excluding carboxylic acids is 2. The number of hydrogen-bond donors (Lipinski definition) is 2. The van der Waals surface area contributed by atoms with E-state index in [1.165, 1.54) is 0 Å². The Hall–Kier alpha value is -3.52. The number of anilines is 2. The maximum atomic E-state index is 14.1. The number of nitrogens with two attached hydrogens (primary N) is 1. The van der Waals surface area contributed by atoms with E-state index < -0.39 is 5.60 Å². The van der Waals surface area contributed by atoms with Gasteiger partial charge in [0.05, 0.1) is 5.56 Å². The Balaban J connectivity index is 1.41. The number of hydrogen-bond acceptors (Lipinski definition) is 6. The number of rotatable bonds is 2. The smallest absolute Gasteiger partial charge is 0.410 e. The number of aromatic amines is 1. The monoisotopic (exact) mass is 530 g/mol. The molecule has 3 N–H and O–H groups in total. The predicted molar refractivity (Wildman–Crippen MR) is 153 cm³/mol. The maximum absolute atomic E-state index is 14.1. The number of piperazine rings is 1. The summed E-state index contributed by atoms with van der Waals surface area (Å²) in [4.78, 5) is 34.5. The molecule has 8 nitrogen and oxygen atoms in total. The fourth-order valence-corrected chi connectivity index (χ4v) is 6.57. The second kappa shape index (κ2) is 9.30. The third-order valence-corrected chi connectivity index (χ3v) is 8.51. The number of ketones is 1. The molecule has 0 saturated carbocycles. The molecule has 1 aliphatic carbocycles. The molecule has 1 spiro atoms. The van der Waals surface area contributed by atoms with Crippen LogP contribution in [0, 0.1) is 0 Å². The van der Waals surface area contributed by atoms with E-state index in [9.17, 15) is 9.59 Å². The van der Waals surface area contributed by atoms with Crippen LogP contribution in [0.5, 0.6) is 0 Å². The quantitative estimate of drug-likeness (QED) is 0.452. The molecule has 3 aliphatic rings. The molecule has 1 aromatic heterocycles. The highest BCUT2D eigenvalue weighted by Crippen LogP contribution is 2.51. The van der Waals surface area contributed by atoms with Crippen molar-refractivity contribution < 1.29 is 19.1 Å². The normalized spacial score (nSPS) is 18.8. The summed E-state index contributed by atoms with van der Waals surface area (Å²) in [5.74, 6) is 0.0733. The van der Waals surface area contributed by atoms with Gasteiger partial charge in [-0.2, -0.15) is 0 Å². The van der Waals surface area contributed by atoms with Crippen LogP contribution >= 0.6 is 0 Å². The summed E-state index contributed by atoms with van der Waals surface area (Å²) in [5.41, 5.74) is 12.8. The third-order valence-electron chi connectivity index (χ3n) is 8.51. The molecule has 1 amide bonds. The standard InChI is InChI=1S/C31H38N4O4/c1-5-19-16-22-23(18-25(19)34-10-12-35(13-11-34)29(37)39-30(2,3)4)31(8-14-38-15-9-31)28-26(27(22)36)21-7-6-20(32)17-24(21)33-28/h6-7,16-18,33H,5,8-15,32H2,1-4H3. The minimum absolute atomic E-state index is 0.0733. The van der Waals surface area contributed by atoms with E-state index in [0.29, 0.717) is 45.1 Å². The topological polar surface area (TPSA) is 101 Å². The molecular weight excluding hydrogens is 492 g/mol. The number of carbonyl (C=O) groups is 2. The molecule has 0 atom stereocenters. The van der Waals surface area contributed by atoms with Gasteiger partial charge in [-0.05, 0) is 75.4 Å². The van der Waals surface area contributed by atoms with Gasteiger partial charge in [0.25, 0.3) is 0 Å². The lowest BCUT2D eigenvalue weighted by Crippen LogP contribution is -2.50. The van der Waals surface area contributed by atoms with E-state index >= 15 is 0 Å². The summed E-state index contributed by atoms with van der Waals surface area (Å²) in [6.45, 7) is 11.7. The van der Waals surface area contributed by atoms with Gasteiger partial charge in [-0.25, -0.2) is 4.79 Å². The van der Waals surface area contributed by atoms with Crippen LogP contribution in [0.4, 0.5) is 16.2 Å². The van der Waals surface area contributed by atoms with Crippen LogP contribution in [-0.2, 0) is 21.3 Å². The molecule has 39 heavy (non-hydrogen) atoms. The Labute approximate surface area is 229 Å². The zero-order chi connectivity index (χ0) is 27.5. The first-order chi connectivity index (χ1) is 18.6. The summed E-state index contributed by atoms with van der Waals surface area (Å²) in [7, 11) is 0. The number of amides is 1. The average molecular weight is 531 g/mol. The lowest BCUT2D eigenvalue weighted by Gasteiger charge is -2.43. The molecule has 2 aliphatic heterocycles. The molecule has 206 valence electrons. The molecule has 2 fully saturated rings. The van der Waals surface area contributed by atoms with Crippen LogP contribution in [-0.4, -0.2) is 66.8 Å². The van der Waals surface area contributed by atoms with Crippen molar-refractivity contribution in [1.29, 1.82) is 0 Å². The van der Waals surface area contributed by atoms with Crippen LogP contribution < -0.4 is 10.6 Å². The molecule has 2 aromatic carbocycles. The molecule has 2 saturated heterocycles. The lowest BCUT2D eigenvalue weighted by atomic mass is 9.64. The van der Waals surface area contributed by atoms with Crippen LogP contribution in [0.3, 0.4) is 0 Å². The highest BCUT2D eigenvalue weighted by molar-refractivity contribution is 6.20. The van der Waals surface area contributed by atoms with E-state index in [2.05, 4.69) is 28.9 Å². The van der Waals surface area contributed by atoms with Crippen LogP contribution in [0.15, 0.2) is 30.3 Å². The summed E-state index contributed by atoms with van der Waals surface area (Å²) in [6, 6.07) is 10.2. The minimum Gasteiger partial charge on any atom is -0.444 e. The van der Waals surface area contributed by atoms with Gasteiger partial charge in [0.15, 0.2) is 5.78 Å². The molecule has 3 heterocycles. The number of H-pyrrole nitrogens is 1. The van der Waals surface area contributed by atoms with Crippen molar-refractivity contribution in [1.82, 2.24) is 9.88 Å². The number of nitrogens with one attached hydrogen (secondary N) is 1. The third kappa shape index (κ3) is 4.25. The summed E-state index contributed by atoms with van der Waals surface area (Å²) in [6.07, 6.45) is 2.16. The minimum atomic E-state index is -0.514. The maximum Gasteiger partial charge on any atom is 0.410 e. The Morgan fingerprint density at radius 1 is 1.10 bits per heavy atom. The van der Waals surface area contributed by atoms with Gasteiger partial charge in [-0.15, -0.1) is 0 Å². The number of aryl methyl sites for hydroxylation is 1. The van der Waals surface area contributed by atoms with Gasteiger partial charge in [0.2, 0.25) is 0 Å². The molecule has 0 unspecified atom stereocenters. The fraction of sp³-hybridized carbons (Fsp3) is 0.484. The first kappa shape index (κ1) is 25.7. The fourth-order valence-electron chi connectivity index (χ4n) is 6.57. The van der Waals surface area contributed by atoms with Crippen molar-refractivity contribution in [2.24, 2.45) is 0 Å². The zero-order valence-corrected chi connectivity index (χ0v) is 23.4. The summed E-state index contributed by atoms with van der Waals surface area (Å²) >= 11 is 0. The van der Waals surface area contributed by atoms with Gasteiger partial charge < -0.3 is 30.0 Å². The van der Waals surface area contributed by atoms with Crippen LogP contribution in [0.1, 0.15) is 73.3 Å². The van der Waals surface area contributed by atoms with Gasteiger partial charge in [-0.1, -0.05) is 13.0 Å². The van der Waals surface area contributed by atoms with Gasteiger partial charge in [0, 0.05) is 78.3 Å². The first-order valence-electron chi connectivity index (χ1n) is 14.1. The van der Waals surface area contributed by atoms with Crippen LogP contribution in [0.2, 0.25) is 0 Å². The number of aromatic nitrogens is 1. The molecular formula is C31H38N4O4. The summed E-state index contributed by atoms with van der Waals surface area (Å²) < 4.78 is 11.4. The second-order valence-corrected chi connectivity index (χ2v) is 12.0. The number of nitrogens with zero attached hydrogens (tertiary/aromatic N) is 2. The molecule has 0 radical (unpaired) electrons. The van der Waals surface area contributed by atoms with Crippen molar-refractivity contribution in [3.05, 3.63) is 58.3 Å². The number of ether oxygens (including phenoxy) is 2. The largest absolute Gasteiger partial charge is 0.444 e. The second-order valence-electron chi connectivity index (χ2n) is 12.0. The van der Waals surface area contributed by atoms with E-state index in [-0.39, 0.29) is 17.3 Å². The SMILES string of the molecule is CCc1cc2c(cc1N1CCN(C(=O)OC(C)(C)C)CC1)C1(CCOCC1)c1[nH]c3cc(N)ccc3c1C2=O. The van der Waals surface area contributed by atoms with E-state index in [0.717, 1.165) is 63.8 Å². The van der Waals surface area contributed by atoms with E-state index in [1.54, 1.807) is 4.90 Å². The molecule has 8 heteroatoms. The van der Waals surface area contributed by atoms with E-state index in [4.69, 9.17) is 15.2 Å². The Bertz CT molecular complexity index is 1450. The molecule has 0 bridgehead atoms. The predicted octanol–water partition coefficient (Wildman–Crippen LogP) is 5.01. The molecule has 3 aromatic rings. The Morgan fingerprint density at radius 2 is 1.82 bits per heavy atom. The van der Waals surface area contributed by atoms with Crippen molar-refractivity contribution >= 4 is 34.2 Å². The van der Waals surface area contributed by atoms with Crippen molar-refractivity contribution in [2.45, 2.75) is 58.0 Å². The van der Waals surface area contributed by atoms with Gasteiger partial charge in [0.1, 0.15) is 5.60 Å². The lowest BCUT2D eigenvalue weighted by molar-refractivity contribution is 0.0240. The summed E-state index contributed by atoms with van der Waals surface area (Å²) in [5, 5.41) is 0.932. The van der Waals surface area contributed by atoms with Gasteiger partial charge in [-0.3, -0.25) is 4.79 Å². The highest BCUT2D eigenvalue weighted by Gasteiger charge is 2.47. The van der Waals surface area contributed by atoms with Crippen molar-refractivity contribution in [3.63, 3.8) is 0 Å². The van der Waals surface area contributed by atoms with Crippen LogP contribution in [0.25, 0.3) is 10.9 Å². The Kier molecular flexibility index (Phi) is 6.14. The highest BCUT2D eigenvalue weighted by atomic mass is 16.6. The van der Waals surface area contributed by atoms with E-state index in [1.807, 2.05) is 39.0 Å². The first-order valence-corrected chi connectivity index (χ1v) is 14.1. The van der Waals surface area contributed by atoms with Crippen molar-refractivity contribution in [2.75, 3.05) is 50.0 Å². The zero-order valence-electron chi connectivity index (χ0n) is 23.4. The Morgan fingerprint density at radius 3 is 2.49 bits per heavy atom. The number of fused-ring (bicyclic) bond motifs is 6. The van der Waals surface area contributed by atoms with Crippen molar-refractivity contribution in [3.8, 4) is 0 Å². The number of benzene rings is 2. The van der Waals surface area contributed by atoms with Gasteiger partial charge >= 0.3 is 6.09 Å². The average Bonchev–Trinajstić information content (AvgIpc) is 3.30. The number of nitrogen functional groups attached to an aromatic ring is 1.